The van der Waals surface area contributed by atoms with E-state index in [1.165, 1.54) is 12.8 Å². The molecule has 0 radical (unpaired) electrons. The van der Waals surface area contributed by atoms with Crippen molar-refractivity contribution in [1.82, 2.24) is 4.31 Å². The molecule has 2 fully saturated rings. The highest BCUT2D eigenvalue weighted by Crippen LogP contribution is 2.34. The number of sulfonamides is 1. The first-order valence-electron chi connectivity index (χ1n) is 8.27. The van der Waals surface area contributed by atoms with Gasteiger partial charge in [-0.3, -0.25) is 0 Å². The maximum atomic E-state index is 12.3. The van der Waals surface area contributed by atoms with Gasteiger partial charge >= 0.3 is 0 Å². The highest BCUT2D eigenvalue weighted by atomic mass is 32.2. The van der Waals surface area contributed by atoms with Gasteiger partial charge in [0.25, 0.3) is 0 Å². The third-order valence-electron chi connectivity index (χ3n) is 4.96. The van der Waals surface area contributed by atoms with Gasteiger partial charge in [-0.2, -0.15) is 0 Å². The van der Waals surface area contributed by atoms with Crippen molar-refractivity contribution in [2.75, 3.05) is 18.8 Å². The normalized spacial score (nSPS) is 22.6. The predicted molar refractivity (Wildman–Crippen MR) is 86.8 cm³/mol. The van der Waals surface area contributed by atoms with E-state index in [-0.39, 0.29) is 5.92 Å². The van der Waals surface area contributed by atoms with Crippen molar-refractivity contribution < 1.29 is 13.5 Å². The Morgan fingerprint density at radius 3 is 2.32 bits per heavy atom. The molecule has 1 N–H and O–H groups in total. The summed E-state index contributed by atoms with van der Waals surface area (Å²) in [6.45, 7) is 1.09. The van der Waals surface area contributed by atoms with Crippen molar-refractivity contribution in [3.05, 3.63) is 35.9 Å². The van der Waals surface area contributed by atoms with Crippen LogP contribution in [0.4, 0.5) is 0 Å². The maximum absolute atomic E-state index is 12.3. The molecular weight excluding hydrogens is 298 g/mol. The first-order chi connectivity index (χ1) is 10.6. The minimum atomic E-state index is -3.10. The smallest absolute Gasteiger partial charge is 0.214 e. The summed E-state index contributed by atoms with van der Waals surface area (Å²) >= 11 is 0. The zero-order chi connectivity index (χ0) is 15.6. The first kappa shape index (κ1) is 16.0. The van der Waals surface area contributed by atoms with Gasteiger partial charge in [-0.25, -0.2) is 12.7 Å². The van der Waals surface area contributed by atoms with Crippen LogP contribution in [0, 0.1) is 11.8 Å². The molecule has 1 saturated heterocycles. The number of aliphatic hydroxyl groups excluding tert-OH is 1. The fraction of sp³-hybridized carbons (Fsp3) is 0.647. The topological polar surface area (TPSA) is 57.6 Å². The standard InChI is InChI=1S/C17H25NO3S/c19-17(15-4-2-1-3-5-15)16-8-11-18(12-9-16)22(20,21)13-10-14-6-7-14/h1-5,14,16-17,19H,6-13H2. The lowest BCUT2D eigenvalue weighted by molar-refractivity contribution is 0.0760. The van der Waals surface area contributed by atoms with E-state index in [1.807, 2.05) is 30.3 Å². The zero-order valence-corrected chi connectivity index (χ0v) is 13.7. The molecule has 1 aliphatic carbocycles. The molecule has 1 saturated carbocycles. The molecule has 1 heterocycles. The van der Waals surface area contributed by atoms with Crippen molar-refractivity contribution in [1.29, 1.82) is 0 Å². The van der Waals surface area contributed by atoms with Crippen LogP contribution in [0.3, 0.4) is 0 Å². The van der Waals surface area contributed by atoms with Gasteiger partial charge in [-0.05, 0) is 36.7 Å². The largest absolute Gasteiger partial charge is 0.388 e. The number of benzene rings is 1. The van der Waals surface area contributed by atoms with Crippen LogP contribution in [0.1, 0.15) is 43.8 Å². The van der Waals surface area contributed by atoms with Gasteiger partial charge in [0, 0.05) is 13.1 Å². The average molecular weight is 323 g/mol. The molecule has 0 aromatic heterocycles. The van der Waals surface area contributed by atoms with Crippen LogP contribution in [0.5, 0.6) is 0 Å². The summed E-state index contributed by atoms with van der Waals surface area (Å²) in [5.41, 5.74) is 0.928. The summed E-state index contributed by atoms with van der Waals surface area (Å²) in [5.74, 6) is 1.09. The Bertz CT molecular complexity index is 575. The number of hydrogen-bond acceptors (Lipinski definition) is 3. The third-order valence-corrected chi connectivity index (χ3v) is 6.86. The van der Waals surface area contributed by atoms with E-state index in [0.29, 0.717) is 24.8 Å². The molecule has 0 amide bonds. The van der Waals surface area contributed by atoms with Crippen LogP contribution in [0.2, 0.25) is 0 Å². The second-order valence-electron chi connectivity index (χ2n) is 6.64. The van der Waals surface area contributed by atoms with Crippen LogP contribution in [0.15, 0.2) is 30.3 Å². The quantitative estimate of drug-likeness (QED) is 0.875. The van der Waals surface area contributed by atoms with Gasteiger partial charge in [0.15, 0.2) is 0 Å². The van der Waals surface area contributed by atoms with E-state index < -0.39 is 16.1 Å². The van der Waals surface area contributed by atoms with E-state index in [2.05, 4.69) is 0 Å². The summed E-state index contributed by atoms with van der Waals surface area (Å²) in [6.07, 6.45) is 4.19. The fourth-order valence-corrected chi connectivity index (χ4v) is 4.90. The van der Waals surface area contributed by atoms with Crippen LogP contribution in [-0.4, -0.2) is 36.7 Å². The van der Waals surface area contributed by atoms with Crippen molar-refractivity contribution >= 4 is 10.0 Å². The van der Waals surface area contributed by atoms with E-state index in [4.69, 9.17) is 0 Å². The second-order valence-corrected chi connectivity index (χ2v) is 8.73. The van der Waals surface area contributed by atoms with Crippen LogP contribution < -0.4 is 0 Å². The molecule has 1 aromatic rings. The lowest BCUT2D eigenvalue weighted by atomic mass is 9.88. The van der Waals surface area contributed by atoms with E-state index in [9.17, 15) is 13.5 Å². The van der Waals surface area contributed by atoms with E-state index >= 15 is 0 Å². The number of rotatable bonds is 6. The minimum absolute atomic E-state index is 0.150. The molecule has 3 rings (SSSR count). The molecule has 2 aliphatic rings. The van der Waals surface area contributed by atoms with Gasteiger partial charge < -0.3 is 5.11 Å². The van der Waals surface area contributed by atoms with Gasteiger partial charge in [-0.1, -0.05) is 43.2 Å². The second kappa shape index (κ2) is 6.69. The molecule has 5 heteroatoms. The van der Waals surface area contributed by atoms with Gasteiger partial charge in [0.2, 0.25) is 10.0 Å². The molecule has 4 nitrogen and oxygen atoms in total. The average Bonchev–Trinajstić information content (AvgIpc) is 3.38. The maximum Gasteiger partial charge on any atom is 0.214 e. The number of nitrogens with zero attached hydrogens (tertiary/aromatic N) is 1. The Kier molecular flexibility index (Phi) is 4.85. The summed E-state index contributed by atoms with van der Waals surface area (Å²) in [7, 11) is -3.10. The molecule has 1 aliphatic heterocycles. The van der Waals surface area contributed by atoms with Crippen molar-refractivity contribution in [2.24, 2.45) is 11.8 Å². The summed E-state index contributed by atoms with van der Waals surface area (Å²) in [6, 6.07) is 9.66. The number of hydrogen-bond donors (Lipinski definition) is 1. The first-order valence-corrected chi connectivity index (χ1v) is 9.88. The summed E-state index contributed by atoms with van der Waals surface area (Å²) in [5, 5.41) is 10.5. The van der Waals surface area contributed by atoms with Crippen LogP contribution in [-0.2, 0) is 10.0 Å². The minimum Gasteiger partial charge on any atom is -0.388 e. The lowest BCUT2D eigenvalue weighted by Crippen LogP contribution is -2.40. The molecule has 1 aromatic carbocycles. The van der Waals surface area contributed by atoms with Crippen LogP contribution >= 0.6 is 0 Å². The number of piperidine rings is 1. The Labute approximate surface area is 133 Å². The molecule has 0 spiro atoms. The van der Waals surface area contributed by atoms with Crippen LogP contribution in [0.25, 0.3) is 0 Å². The Hall–Kier alpha value is -0.910. The van der Waals surface area contributed by atoms with E-state index in [1.54, 1.807) is 4.31 Å². The third kappa shape index (κ3) is 3.89. The highest BCUT2D eigenvalue weighted by molar-refractivity contribution is 7.89. The zero-order valence-electron chi connectivity index (χ0n) is 12.9. The lowest BCUT2D eigenvalue weighted by Gasteiger charge is -2.33. The van der Waals surface area contributed by atoms with Crippen molar-refractivity contribution in [3.8, 4) is 0 Å². The molecular formula is C17H25NO3S. The molecule has 122 valence electrons. The van der Waals surface area contributed by atoms with Gasteiger partial charge in [-0.15, -0.1) is 0 Å². The van der Waals surface area contributed by atoms with Gasteiger partial charge in [0.1, 0.15) is 0 Å². The monoisotopic (exact) mass is 323 g/mol. The van der Waals surface area contributed by atoms with Crippen molar-refractivity contribution in [3.63, 3.8) is 0 Å². The molecule has 22 heavy (non-hydrogen) atoms. The Balaban J connectivity index is 1.53. The van der Waals surface area contributed by atoms with Gasteiger partial charge in [0.05, 0.1) is 11.9 Å². The molecule has 1 atom stereocenters. The molecule has 1 unspecified atom stereocenters. The SMILES string of the molecule is O=S(=O)(CCC1CC1)N1CCC(C(O)c2ccccc2)CC1. The fourth-order valence-electron chi connectivity index (χ4n) is 3.24. The molecule has 0 bridgehead atoms. The summed E-state index contributed by atoms with van der Waals surface area (Å²) < 4.78 is 26.3. The summed E-state index contributed by atoms with van der Waals surface area (Å²) in [4.78, 5) is 0. The Morgan fingerprint density at radius 1 is 1.09 bits per heavy atom. The van der Waals surface area contributed by atoms with E-state index in [0.717, 1.165) is 24.8 Å². The Morgan fingerprint density at radius 2 is 1.73 bits per heavy atom. The van der Waals surface area contributed by atoms with Crippen molar-refractivity contribution in [2.45, 2.75) is 38.2 Å². The predicted octanol–water partition coefficient (Wildman–Crippen LogP) is 2.56. The number of aliphatic hydroxyl groups is 1. The highest BCUT2D eigenvalue weighted by Gasteiger charge is 2.32.